The molecule has 0 bridgehead atoms. The number of benzene rings is 1. The van der Waals surface area contributed by atoms with Crippen molar-refractivity contribution in [3.05, 3.63) is 28.8 Å². The van der Waals surface area contributed by atoms with Crippen LogP contribution in [0.15, 0.2) is 18.2 Å². The van der Waals surface area contributed by atoms with Gasteiger partial charge in [-0.2, -0.15) is 5.26 Å². The molecule has 1 amide bonds. The number of hydrogen-bond donors (Lipinski definition) is 0. The van der Waals surface area contributed by atoms with E-state index in [1.165, 1.54) is 12.0 Å². The van der Waals surface area contributed by atoms with Gasteiger partial charge in [0.05, 0.1) is 25.2 Å². The van der Waals surface area contributed by atoms with Gasteiger partial charge in [0.2, 0.25) is 0 Å². The Labute approximate surface area is 112 Å². The standard InChI is InChI=1S/C13H15ClN2O2/c1-9(6-7-15)16(2)13(17)11-5-4-10(14)8-12(11)18-3/h4-5,8-9H,6H2,1-3H3. The van der Waals surface area contributed by atoms with Gasteiger partial charge in [-0.05, 0) is 25.1 Å². The second kappa shape index (κ2) is 6.27. The molecule has 0 aliphatic rings. The third-order valence-electron chi connectivity index (χ3n) is 2.76. The van der Waals surface area contributed by atoms with Crippen LogP contribution in [-0.4, -0.2) is 31.0 Å². The number of halogens is 1. The Hall–Kier alpha value is -1.73. The summed E-state index contributed by atoms with van der Waals surface area (Å²) >= 11 is 5.84. The van der Waals surface area contributed by atoms with Crippen molar-refractivity contribution < 1.29 is 9.53 Å². The molecular weight excluding hydrogens is 252 g/mol. The minimum atomic E-state index is -0.189. The lowest BCUT2D eigenvalue weighted by Gasteiger charge is -2.23. The quantitative estimate of drug-likeness (QED) is 0.842. The molecule has 0 fully saturated rings. The second-order valence-electron chi connectivity index (χ2n) is 3.97. The molecule has 0 saturated carbocycles. The summed E-state index contributed by atoms with van der Waals surface area (Å²) in [4.78, 5) is 13.8. The number of carbonyl (C=O) groups is 1. The third kappa shape index (κ3) is 3.14. The van der Waals surface area contributed by atoms with E-state index in [4.69, 9.17) is 21.6 Å². The van der Waals surface area contributed by atoms with Crippen LogP contribution in [-0.2, 0) is 0 Å². The summed E-state index contributed by atoms with van der Waals surface area (Å²) in [5.41, 5.74) is 0.439. The summed E-state index contributed by atoms with van der Waals surface area (Å²) in [6, 6.07) is 6.75. The highest BCUT2D eigenvalue weighted by Gasteiger charge is 2.20. The number of nitrogens with zero attached hydrogens (tertiary/aromatic N) is 2. The highest BCUT2D eigenvalue weighted by atomic mass is 35.5. The Morgan fingerprint density at radius 2 is 2.28 bits per heavy atom. The summed E-state index contributed by atoms with van der Waals surface area (Å²) in [6.07, 6.45) is 0.290. The van der Waals surface area contributed by atoms with Crippen molar-refractivity contribution in [1.82, 2.24) is 4.90 Å². The van der Waals surface area contributed by atoms with Crippen molar-refractivity contribution in [2.75, 3.05) is 14.2 Å². The molecule has 0 N–H and O–H groups in total. The van der Waals surface area contributed by atoms with Gasteiger partial charge in [-0.15, -0.1) is 0 Å². The van der Waals surface area contributed by atoms with Crippen molar-refractivity contribution >= 4 is 17.5 Å². The number of hydrogen-bond acceptors (Lipinski definition) is 3. The lowest BCUT2D eigenvalue weighted by molar-refractivity contribution is 0.0743. The van der Waals surface area contributed by atoms with E-state index in [0.717, 1.165) is 0 Å². The van der Waals surface area contributed by atoms with Crippen LogP contribution >= 0.6 is 11.6 Å². The zero-order chi connectivity index (χ0) is 13.7. The first-order chi connectivity index (χ1) is 8.51. The van der Waals surface area contributed by atoms with Gasteiger partial charge < -0.3 is 9.64 Å². The average molecular weight is 267 g/mol. The van der Waals surface area contributed by atoms with E-state index in [0.29, 0.717) is 16.3 Å². The summed E-state index contributed by atoms with van der Waals surface area (Å²) in [5, 5.41) is 9.16. The molecular formula is C13H15ClN2O2. The molecule has 5 heteroatoms. The van der Waals surface area contributed by atoms with Crippen molar-refractivity contribution in [1.29, 1.82) is 5.26 Å². The zero-order valence-electron chi connectivity index (χ0n) is 10.6. The van der Waals surface area contributed by atoms with E-state index in [9.17, 15) is 4.79 Å². The van der Waals surface area contributed by atoms with Gasteiger partial charge in [-0.25, -0.2) is 0 Å². The summed E-state index contributed by atoms with van der Waals surface area (Å²) in [7, 11) is 3.15. The number of rotatable bonds is 4. The normalized spacial score (nSPS) is 11.5. The largest absolute Gasteiger partial charge is 0.496 e. The van der Waals surface area contributed by atoms with Crippen LogP contribution < -0.4 is 4.74 Å². The second-order valence-corrected chi connectivity index (χ2v) is 4.41. The summed E-state index contributed by atoms with van der Waals surface area (Å²) in [6.45, 7) is 1.82. The van der Waals surface area contributed by atoms with Crippen LogP contribution in [0, 0.1) is 11.3 Å². The van der Waals surface area contributed by atoms with Crippen LogP contribution in [0.1, 0.15) is 23.7 Å². The maximum absolute atomic E-state index is 12.2. The highest BCUT2D eigenvalue weighted by molar-refractivity contribution is 6.30. The molecule has 1 aromatic carbocycles. The van der Waals surface area contributed by atoms with E-state index >= 15 is 0 Å². The molecule has 0 aromatic heterocycles. The van der Waals surface area contributed by atoms with Crippen LogP contribution in [0.3, 0.4) is 0 Å². The molecule has 1 rings (SSSR count). The fourth-order valence-electron chi connectivity index (χ4n) is 1.50. The Morgan fingerprint density at radius 3 is 2.83 bits per heavy atom. The van der Waals surface area contributed by atoms with Gasteiger partial charge in [0.15, 0.2) is 0 Å². The number of ether oxygens (including phenoxy) is 1. The molecule has 0 radical (unpaired) electrons. The SMILES string of the molecule is COc1cc(Cl)ccc1C(=O)N(C)C(C)CC#N. The monoisotopic (exact) mass is 266 g/mol. The van der Waals surface area contributed by atoms with Gasteiger partial charge in [0, 0.05) is 18.1 Å². The molecule has 18 heavy (non-hydrogen) atoms. The Bertz CT molecular complexity index is 482. The molecule has 1 aromatic rings. The fourth-order valence-corrected chi connectivity index (χ4v) is 1.66. The third-order valence-corrected chi connectivity index (χ3v) is 3.00. The Kier molecular flexibility index (Phi) is 4.99. The van der Waals surface area contributed by atoms with Gasteiger partial charge >= 0.3 is 0 Å². The van der Waals surface area contributed by atoms with Crippen molar-refractivity contribution in [3.8, 4) is 11.8 Å². The topological polar surface area (TPSA) is 53.3 Å². The van der Waals surface area contributed by atoms with Gasteiger partial charge in [0.25, 0.3) is 5.91 Å². The predicted molar refractivity (Wildman–Crippen MR) is 69.8 cm³/mol. The predicted octanol–water partition coefficient (Wildman–Crippen LogP) is 2.72. The fraction of sp³-hybridized carbons (Fsp3) is 0.385. The molecule has 0 aliphatic carbocycles. The Balaban J connectivity index is 3.00. The van der Waals surface area contributed by atoms with Gasteiger partial charge in [-0.3, -0.25) is 4.79 Å². The van der Waals surface area contributed by atoms with E-state index in [1.807, 2.05) is 13.0 Å². The molecule has 96 valence electrons. The minimum Gasteiger partial charge on any atom is -0.496 e. The maximum atomic E-state index is 12.2. The smallest absolute Gasteiger partial charge is 0.257 e. The van der Waals surface area contributed by atoms with Crippen molar-refractivity contribution in [2.45, 2.75) is 19.4 Å². The molecule has 4 nitrogen and oxygen atoms in total. The average Bonchev–Trinajstić information content (AvgIpc) is 2.37. The number of methoxy groups -OCH3 is 1. The lowest BCUT2D eigenvalue weighted by Crippen LogP contribution is -2.35. The van der Waals surface area contributed by atoms with Crippen LogP contribution in [0.25, 0.3) is 0 Å². The first-order valence-electron chi connectivity index (χ1n) is 5.49. The summed E-state index contributed by atoms with van der Waals surface area (Å²) < 4.78 is 5.14. The maximum Gasteiger partial charge on any atom is 0.257 e. The van der Waals surface area contributed by atoms with Crippen molar-refractivity contribution in [3.63, 3.8) is 0 Å². The van der Waals surface area contributed by atoms with E-state index in [-0.39, 0.29) is 18.4 Å². The first kappa shape index (κ1) is 14.3. The Morgan fingerprint density at radius 1 is 1.61 bits per heavy atom. The van der Waals surface area contributed by atoms with Crippen LogP contribution in [0.2, 0.25) is 5.02 Å². The summed E-state index contributed by atoms with van der Waals surface area (Å²) in [5.74, 6) is 0.245. The van der Waals surface area contributed by atoms with E-state index < -0.39 is 0 Å². The minimum absolute atomic E-state index is 0.150. The molecule has 0 saturated heterocycles. The number of amides is 1. The molecule has 0 spiro atoms. The molecule has 1 unspecified atom stereocenters. The van der Waals surface area contributed by atoms with E-state index in [2.05, 4.69) is 0 Å². The first-order valence-corrected chi connectivity index (χ1v) is 5.86. The highest BCUT2D eigenvalue weighted by Crippen LogP contribution is 2.24. The lowest BCUT2D eigenvalue weighted by atomic mass is 10.1. The number of nitriles is 1. The molecule has 0 heterocycles. The number of carbonyl (C=O) groups excluding carboxylic acids is 1. The van der Waals surface area contributed by atoms with Crippen LogP contribution in [0.5, 0.6) is 5.75 Å². The van der Waals surface area contributed by atoms with Gasteiger partial charge in [0.1, 0.15) is 5.75 Å². The van der Waals surface area contributed by atoms with Crippen LogP contribution in [0.4, 0.5) is 0 Å². The zero-order valence-corrected chi connectivity index (χ0v) is 11.4. The van der Waals surface area contributed by atoms with Crippen molar-refractivity contribution in [2.24, 2.45) is 0 Å². The van der Waals surface area contributed by atoms with E-state index in [1.54, 1.807) is 25.2 Å². The van der Waals surface area contributed by atoms with Gasteiger partial charge in [-0.1, -0.05) is 11.6 Å². The molecule has 1 atom stereocenters. The molecule has 0 aliphatic heterocycles.